The molecule has 0 N–H and O–H groups in total. The van der Waals surface area contributed by atoms with Gasteiger partial charge in [-0.3, -0.25) is 4.79 Å². The fourth-order valence-electron chi connectivity index (χ4n) is 2.36. The molecule has 0 aromatic heterocycles. The van der Waals surface area contributed by atoms with Crippen LogP contribution in [0.5, 0.6) is 0 Å². The summed E-state index contributed by atoms with van der Waals surface area (Å²) in [6.45, 7) is 9.94. The maximum absolute atomic E-state index is 11.5. The van der Waals surface area contributed by atoms with Crippen LogP contribution in [0.1, 0.15) is 38.8 Å². The molecule has 1 fully saturated rings. The van der Waals surface area contributed by atoms with Gasteiger partial charge in [0.25, 0.3) is 0 Å². The lowest BCUT2D eigenvalue weighted by Crippen LogP contribution is -2.41. The van der Waals surface area contributed by atoms with Gasteiger partial charge in [0, 0.05) is 5.02 Å². The average molecular weight is 325 g/mol. The van der Waals surface area contributed by atoms with Gasteiger partial charge in [0.1, 0.15) is 0 Å². The molecule has 0 aliphatic carbocycles. The Morgan fingerprint density at radius 1 is 1.23 bits per heavy atom. The van der Waals surface area contributed by atoms with E-state index in [0.717, 1.165) is 16.6 Å². The second-order valence-electron chi connectivity index (χ2n) is 6.64. The molecule has 0 unspecified atom stereocenters. The molecule has 6 heteroatoms. The van der Waals surface area contributed by atoms with Gasteiger partial charge in [-0.05, 0) is 57.3 Å². The number of methoxy groups -OCH3 is 1. The van der Waals surface area contributed by atoms with Crippen molar-refractivity contribution in [2.24, 2.45) is 0 Å². The minimum atomic E-state index is -0.464. The molecular formula is C16H22BClO4. The summed E-state index contributed by atoms with van der Waals surface area (Å²) in [5.41, 5.74) is 1.75. The van der Waals surface area contributed by atoms with Crippen LogP contribution in [0.25, 0.3) is 0 Å². The second kappa shape index (κ2) is 5.87. The summed E-state index contributed by atoms with van der Waals surface area (Å²) in [6, 6.07) is 3.75. The molecule has 0 bridgehead atoms. The zero-order valence-corrected chi connectivity index (χ0v) is 14.7. The van der Waals surface area contributed by atoms with Gasteiger partial charge in [-0.2, -0.15) is 0 Å². The molecule has 1 aromatic rings. The number of esters is 1. The molecular weight excluding hydrogens is 302 g/mol. The van der Waals surface area contributed by atoms with Crippen LogP contribution in [0.4, 0.5) is 0 Å². The van der Waals surface area contributed by atoms with Crippen molar-refractivity contribution in [1.82, 2.24) is 0 Å². The van der Waals surface area contributed by atoms with Gasteiger partial charge in [0.2, 0.25) is 0 Å². The second-order valence-corrected chi connectivity index (χ2v) is 7.05. The van der Waals surface area contributed by atoms with Gasteiger partial charge in [0.15, 0.2) is 0 Å². The number of hydrogen-bond acceptors (Lipinski definition) is 4. The highest BCUT2D eigenvalue weighted by Crippen LogP contribution is 2.36. The maximum Gasteiger partial charge on any atom is 0.494 e. The Kier molecular flexibility index (Phi) is 4.62. The first-order valence-electron chi connectivity index (χ1n) is 7.29. The van der Waals surface area contributed by atoms with Gasteiger partial charge < -0.3 is 14.0 Å². The standard InChI is InChI=1S/C16H22BClO4/c1-10-7-11(8-13(18)12(10)9-14(19)20-6)17-21-15(2,3)16(4,5)22-17/h7-8H,9H2,1-6H3. The normalized spacial score (nSPS) is 19.3. The monoisotopic (exact) mass is 324 g/mol. The van der Waals surface area contributed by atoms with Crippen LogP contribution < -0.4 is 5.46 Å². The molecule has 1 aromatic carbocycles. The van der Waals surface area contributed by atoms with Gasteiger partial charge >= 0.3 is 13.1 Å². The lowest BCUT2D eigenvalue weighted by Gasteiger charge is -2.32. The molecule has 22 heavy (non-hydrogen) atoms. The minimum absolute atomic E-state index is 0.158. The Hall–Kier alpha value is -1.04. The lowest BCUT2D eigenvalue weighted by molar-refractivity contribution is -0.139. The van der Waals surface area contributed by atoms with Gasteiger partial charge in [-0.15, -0.1) is 0 Å². The fourth-order valence-corrected chi connectivity index (χ4v) is 2.70. The zero-order chi connectivity index (χ0) is 16.7. The quantitative estimate of drug-likeness (QED) is 0.633. The third kappa shape index (κ3) is 3.17. The van der Waals surface area contributed by atoms with E-state index in [1.165, 1.54) is 7.11 Å². The van der Waals surface area contributed by atoms with Gasteiger partial charge in [0.05, 0.1) is 24.7 Å². The first-order valence-corrected chi connectivity index (χ1v) is 7.66. The SMILES string of the molecule is COC(=O)Cc1c(C)cc(B2OC(C)(C)C(C)(C)O2)cc1Cl. The van der Waals surface area contributed by atoms with Crippen LogP contribution >= 0.6 is 11.6 Å². The van der Waals surface area contributed by atoms with Crippen LogP contribution in [0, 0.1) is 6.92 Å². The summed E-state index contributed by atoms with van der Waals surface area (Å²) in [6.07, 6.45) is 0.158. The summed E-state index contributed by atoms with van der Waals surface area (Å²) < 4.78 is 16.8. The van der Waals surface area contributed by atoms with E-state index in [1.54, 1.807) is 6.07 Å². The summed E-state index contributed by atoms with van der Waals surface area (Å²) in [5, 5.41) is 0.523. The number of aryl methyl sites for hydroxylation is 1. The van der Waals surface area contributed by atoms with Crippen molar-refractivity contribution in [2.75, 3.05) is 7.11 Å². The molecule has 120 valence electrons. The number of carbonyl (C=O) groups excluding carboxylic acids is 1. The van der Waals surface area contributed by atoms with E-state index >= 15 is 0 Å². The fraction of sp³-hybridized carbons (Fsp3) is 0.562. The summed E-state index contributed by atoms with van der Waals surface area (Å²) in [5.74, 6) is -0.312. The Morgan fingerprint density at radius 2 is 1.77 bits per heavy atom. The number of halogens is 1. The first-order chi connectivity index (χ1) is 10.1. The van der Waals surface area contributed by atoms with Crippen molar-refractivity contribution in [2.45, 2.75) is 52.2 Å². The molecule has 0 amide bonds. The van der Waals surface area contributed by atoms with E-state index in [2.05, 4.69) is 0 Å². The molecule has 4 nitrogen and oxygen atoms in total. The topological polar surface area (TPSA) is 44.8 Å². The first kappa shape index (κ1) is 17.3. The molecule has 0 saturated carbocycles. The van der Waals surface area contributed by atoms with Crippen molar-refractivity contribution < 1.29 is 18.8 Å². The van der Waals surface area contributed by atoms with Crippen LogP contribution in [-0.2, 0) is 25.3 Å². The van der Waals surface area contributed by atoms with Crippen molar-refractivity contribution in [1.29, 1.82) is 0 Å². The summed E-state index contributed by atoms with van der Waals surface area (Å²) in [7, 11) is 0.901. The molecule has 2 rings (SSSR count). The Balaban J connectivity index is 2.30. The van der Waals surface area contributed by atoms with Crippen LogP contribution in [0.3, 0.4) is 0 Å². The molecule has 0 spiro atoms. The number of rotatable bonds is 3. The molecule has 0 atom stereocenters. The molecule has 1 aliphatic rings. The van der Waals surface area contributed by atoms with Gasteiger partial charge in [-0.1, -0.05) is 17.7 Å². The third-order valence-electron chi connectivity index (χ3n) is 4.52. The number of ether oxygens (including phenoxy) is 1. The highest BCUT2D eigenvalue weighted by atomic mass is 35.5. The summed E-state index contributed by atoms with van der Waals surface area (Å²) in [4.78, 5) is 11.5. The van der Waals surface area contributed by atoms with Gasteiger partial charge in [-0.25, -0.2) is 0 Å². The molecule has 1 heterocycles. The van der Waals surface area contributed by atoms with E-state index in [-0.39, 0.29) is 12.4 Å². The Morgan fingerprint density at radius 3 is 2.23 bits per heavy atom. The Bertz CT molecular complexity index is 559. The number of carbonyl (C=O) groups is 1. The van der Waals surface area contributed by atoms with Crippen molar-refractivity contribution in [3.05, 3.63) is 28.3 Å². The highest BCUT2D eigenvalue weighted by molar-refractivity contribution is 6.62. The smallest absolute Gasteiger partial charge is 0.469 e. The van der Waals surface area contributed by atoms with Crippen molar-refractivity contribution in [3.8, 4) is 0 Å². The van der Waals surface area contributed by atoms with Crippen molar-refractivity contribution in [3.63, 3.8) is 0 Å². The lowest BCUT2D eigenvalue weighted by atomic mass is 9.77. The van der Waals surface area contributed by atoms with E-state index in [4.69, 9.17) is 25.6 Å². The van der Waals surface area contributed by atoms with Crippen molar-refractivity contribution >= 4 is 30.2 Å². The minimum Gasteiger partial charge on any atom is -0.469 e. The molecule has 0 radical (unpaired) electrons. The maximum atomic E-state index is 11.5. The molecule has 1 saturated heterocycles. The largest absolute Gasteiger partial charge is 0.494 e. The molecule has 1 aliphatic heterocycles. The van der Waals surface area contributed by atoms with E-state index in [1.807, 2.05) is 40.7 Å². The van der Waals surface area contributed by atoms with Crippen LogP contribution in [0.15, 0.2) is 12.1 Å². The predicted molar refractivity (Wildman–Crippen MR) is 87.6 cm³/mol. The average Bonchev–Trinajstić information content (AvgIpc) is 2.62. The van der Waals surface area contributed by atoms with E-state index < -0.39 is 18.3 Å². The predicted octanol–water partition coefficient (Wildman–Crippen LogP) is 2.66. The number of hydrogen-bond donors (Lipinski definition) is 0. The zero-order valence-electron chi connectivity index (χ0n) is 14.0. The third-order valence-corrected chi connectivity index (χ3v) is 4.85. The van der Waals surface area contributed by atoms with E-state index in [0.29, 0.717) is 5.02 Å². The Labute approximate surface area is 137 Å². The highest BCUT2D eigenvalue weighted by Gasteiger charge is 2.51. The van der Waals surface area contributed by atoms with E-state index in [9.17, 15) is 4.79 Å². The number of benzene rings is 1. The van der Waals surface area contributed by atoms with Crippen LogP contribution in [-0.4, -0.2) is 31.4 Å². The van der Waals surface area contributed by atoms with Crippen LogP contribution in [0.2, 0.25) is 5.02 Å². The summed E-state index contributed by atoms with van der Waals surface area (Å²) >= 11 is 6.34.